The van der Waals surface area contributed by atoms with Gasteiger partial charge in [0, 0.05) is 12.2 Å². The number of hydrogen-bond donors (Lipinski definition) is 2. The zero-order chi connectivity index (χ0) is 14.8. The lowest BCUT2D eigenvalue weighted by atomic mass is 10.1. The van der Waals surface area contributed by atoms with Gasteiger partial charge in [-0.1, -0.05) is 12.1 Å². The molecule has 0 aliphatic rings. The summed E-state index contributed by atoms with van der Waals surface area (Å²) in [7, 11) is -3.72. The summed E-state index contributed by atoms with van der Waals surface area (Å²) in [6.45, 7) is 1.97. The van der Waals surface area contributed by atoms with E-state index in [0.29, 0.717) is 11.3 Å². The van der Waals surface area contributed by atoms with Crippen molar-refractivity contribution in [3.8, 4) is 0 Å². The Hall–Kier alpha value is -1.92. The molecule has 0 atom stereocenters. The van der Waals surface area contributed by atoms with Gasteiger partial charge in [-0.2, -0.15) is 0 Å². The highest BCUT2D eigenvalue weighted by Gasteiger charge is 2.17. The lowest BCUT2D eigenvalue weighted by Gasteiger charge is -2.11. The summed E-state index contributed by atoms with van der Waals surface area (Å²) >= 11 is 0. The number of rotatable bonds is 4. The summed E-state index contributed by atoms with van der Waals surface area (Å²) in [4.78, 5) is 0.171. The van der Waals surface area contributed by atoms with E-state index in [1.54, 1.807) is 25.1 Å². The molecule has 106 valence electrons. The lowest BCUT2D eigenvalue weighted by Crippen LogP contribution is -2.15. The van der Waals surface area contributed by atoms with Crippen LogP contribution >= 0.6 is 0 Å². The van der Waals surface area contributed by atoms with Gasteiger partial charge in [-0.05, 0) is 48.4 Å². The van der Waals surface area contributed by atoms with Crippen molar-refractivity contribution in [1.82, 2.24) is 0 Å². The number of halogens is 1. The maximum Gasteiger partial charge on any atom is 0.262 e. The zero-order valence-electron chi connectivity index (χ0n) is 10.9. The molecule has 0 aromatic heterocycles. The third-order valence-electron chi connectivity index (χ3n) is 2.87. The summed E-state index contributed by atoms with van der Waals surface area (Å²) < 4.78 is 39.9. The van der Waals surface area contributed by atoms with Crippen molar-refractivity contribution < 1.29 is 12.8 Å². The molecule has 2 aromatic carbocycles. The molecule has 0 saturated heterocycles. The molecule has 0 aliphatic carbocycles. The first-order valence-corrected chi connectivity index (χ1v) is 7.48. The fourth-order valence-corrected chi connectivity index (χ4v) is 3.14. The number of hydrogen-bond acceptors (Lipinski definition) is 3. The average molecular weight is 294 g/mol. The molecule has 0 saturated carbocycles. The Balaban J connectivity index is 2.37. The number of sulfonamides is 1. The molecule has 0 amide bonds. The fraction of sp³-hybridized carbons (Fsp3) is 0.143. The molecular formula is C14H15FN2O2S. The topological polar surface area (TPSA) is 72.2 Å². The molecule has 6 heteroatoms. The number of anilines is 1. The van der Waals surface area contributed by atoms with Crippen molar-refractivity contribution in [3.05, 3.63) is 59.4 Å². The second kappa shape index (κ2) is 5.60. The van der Waals surface area contributed by atoms with Crippen LogP contribution < -0.4 is 10.5 Å². The van der Waals surface area contributed by atoms with Crippen LogP contribution in [-0.4, -0.2) is 8.42 Å². The van der Waals surface area contributed by atoms with Crippen LogP contribution in [0.4, 0.5) is 10.1 Å². The monoisotopic (exact) mass is 294 g/mol. The van der Waals surface area contributed by atoms with Crippen LogP contribution in [0, 0.1) is 12.7 Å². The highest BCUT2D eigenvalue weighted by atomic mass is 32.2. The molecule has 0 radical (unpaired) electrons. The predicted octanol–water partition coefficient (Wildman–Crippen LogP) is 2.39. The largest absolute Gasteiger partial charge is 0.326 e. The van der Waals surface area contributed by atoms with Gasteiger partial charge in [-0.25, -0.2) is 12.8 Å². The Kier molecular flexibility index (Phi) is 4.06. The molecule has 3 N–H and O–H groups in total. The normalized spacial score (nSPS) is 11.3. The Morgan fingerprint density at radius 1 is 1.15 bits per heavy atom. The third-order valence-corrected chi connectivity index (χ3v) is 4.40. The van der Waals surface area contributed by atoms with Gasteiger partial charge in [0.15, 0.2) is 0 Å². The van der Waals surface area contributed by atoms with Gasteiger partial charge in [0.1, 0.15) is 5.82 Å². The molecule has 0 fully saturated rings. The molecule has 20 heavy (non-hydrogen) atoms. The molecule has 0 aliphatic heterocycles. The first-order chi connectivity index (χ1) is 9.42. The molecule has 0 heterocycles. The van der Waals surface area contributed by atoms with Crippen LogP contribution in [-0.2, 0) is 16.6 Å². The summed E-state index contributed by atoms with van der Waals surface area (Å²) in [5, 5.41) is 0. The van der Waals surface area contributed by atoms with Gasteiger partial charge in [-0.3, -0.25) is 4.72 Å². The van der Waals surface area contributed by atoms with Gasteiger partial charge in [0.25, 0.3) is 10.0 Å². The number of benzene rings is 2. The van der Waals surface area contributed by atoms with Crippen LogP contribution in [0.5, 0.6) is 0 Å². The second-order valence-electron chi connectivity index (χ2n) is 4.42. The van der Waals surface area contributed by atoms with E-state index in [1.165, 1.54) is 24.3 Å². The van der Waals surface area contributed by atoms with Crippen LogP contribution in [0.15, 0.2) is 47.4 Å². The molecular weight excluding hydrogens is 279 g/mol. The summed E-state index contributed by atoms with van der Waals surface area (Å²) in [6, 6.07) is 10.2. The third kappa shape index (κ3) is 3.15. The van der Waals surface area contributed by atoms with Gasteiger partial charge in [0.05, 0.1) is 4.90 Å². The Bertz CT molecular complexity index is 712. The summed E-state index contributed by atoms with van der Waals surface area (Å²) in [5.74, 6) is -0.422. The van der Waals surface area contributed by atoms with Gasteiger partial charge in [-0.15, -0.1) is 0 Å². The van der Waals surface area contributed by atoms with Crippen molar-refractivity contribution >= 4 is 15.7 Å². The fourth-order valence-electron chi connectivity index (χ4n) is 1.79. The zero-order valence-corrected chi connectivity index (χ0v) is 11.7. The van der Waals surface area contributed by atoms with E-state index in [4.69, 9.17) is 5.73 Å². The van der Waals surface area contributed by atoms with Crippen molar-refractivity contribution in [1.29, 1.82) is 0 Å². The highest BCUT2D eigenvalue weighted by Crippen LogP contribution is 2.20. The number of nitrogens with two attached hydrogens (primary N) is 1. The average Bonchev–Trinajstić information content (AvgIpc) is 2.41. The maximum atomic E-state index is 12.8. The van der Waals surface area contributed by atoms with E-state index < -0.39 is 15.8 Å². The minimum Gasteiger partial charge on any atom is -0.326 e. The first-order valence-electron chi connectivity index (χ1n) is 6.00. The van der Waals surface area contributed by atoms with Crippen LogP contribution in [0.25, 0.3) is 0 Å². The van der Waals surface area contributed by atoms with Crippen molar-refractivity contribution in [2.24, 2.45) is 5.73 Å². The Morgan fingerprint density at radius 3 is 2.40 bits per heavy atom. The van der Waals surface area contributed by atoms with E-state index in [9.17, 15) is 12.8 Å². The number of aryl methyl sites for hydroxylation is 1. The minimum absolute atomic E-state index is 0.171. The summed E-state index contributed by atoms with van der Waals surface area (Å²) in [5.41, 5.74) is 7.19. The van der Waals surface area contributed by atoms with Crippen LogP contribution in [0.2, 0.25) is 0 Å². The Morgan fingerprint density at radius 2 is 1.80 bits per heavy atom. The van der Waals surface area contributed by atoms with Gasteiger partial charge < -0.3 is 5.73 Å². The SMILES string of the molecule is Cc1ccc(CN)cc1S(=O)(=O)Nc1ccc(F)cc1. The van der Waals surface area contributed by atoms with Gasteiger partial charge >= 0.3 is 0 Å². The first kappa shape index (κ1) is 14.5. The maximum absolute atomic E-state index is 12.8. The van der Waals surface area contributed by atoms with Crippen molar-refractivity contribution in [3.63, 3.8) is 0 Å². The minimum atomic E-state index is -3.72. The van der Waals surface area contributed by atoms with E-state index in [-0.39, 0.29) is 11.4 Å². The quantitative estimate of drug-likeness (QED) is 0.909. The smallest absolute Gasteiger partial charge is 0.262 e. The predicted molar refractivity (Wildman–Crippen MR) is 76.3 cm³/mol. The second-order valence-corrected chi connectivity index (χ2v) is 6.07. The molecule has 2 aromatic rings. The van der Waals surface area contributed by atoms with E-state index in [0.717, 1.165) is 5.56 Å². The lowest BCUT2D eigenvalue weighted by molar-refractivity contribution is 0.600. The number of nitrogens with one attached hydrogen (secondary N) is 1. The molecule has 0 unspecified atom stereocenters. The van der Waals surface area contributed by atoms with Crippen LogP contribution in [0.1, 0.15) is 11.1 Å². The molecule has 0 spiro atoms. The Labute approximate surface area is 117 Å². The van der Waals surface area contributed by atoms with Crippen molar-refractivity contribution in [2.75, 3.05) is 4.72 Å². The van der Waals surface area contributed by atoms with E-state index in [2.05, 4.69) is 4.72 Å². The molecule has 4 nitrogen and oxygen atoms in total. The standard InChI is InChI=1S/C14H15FN2O2S/c1-10-2-3-11(9-16)8-14(10)20(18,19)17-13-6-4-12(15)5-7-13/h2-8,17H,9,16H2,1H3. The van der Waals surface area contributed by atoms with Gasteiger partial charge in [0.2, 0.25) is 0 Å². The molecule has 2 rings (SSSR count). The van der Waals surface area contributed by atoms with E-state index in [1.807, 2.05) is 0 Å². The molecule has 0 bridgehead atoms. The van der Waals surface area contributed by atoms with E-state index >= 15 is 0 Å². The summed E-state index contributed by atoms with van der Waals surface area (Å²) in [6.07, 6.45) is 0. The van der Waals surface area contributed by atoms with Crippen LogP contribution in [0.3, 0.4) is 0 Å². The van der Waals surface area contributed by atoms with Crippen molar-refractivity contribution in [2.45, 2.75) is 18.4 Å². The highest BCUT2D eigenvalue weighted by molar-refractivity contribution is 7.92.